The van der Waals surface area contributed by atoms with Gasteiger partial charge in [-0.15, -0.1) is 0 Å². The van der Waals surface area contributed by atoms with Crippen LogP contribution in [-0.2, 0) is 16.1 Å². The predicted octanol–water partition coefficient (Wildman–Crippen LogP) is 0.948. The lowest BCUT2D eigenvalue weighted by molar-refractivity contribution is -0.139. The molecular weight excluding hydrogens is 326 g/mol. The lowest BCUT2D eigenvalue weighted by Crippen LogP contribution is -2.31. The Morgan fingerprint density at radius 3 is 2.70 bits per heavy atom. The van der Waals surface area contributed by atoms with Crippen LogP contribution in [0.5, 0.6) is 0 Å². The molecule has 0 spiro atoms. The summed E-state index contributed by atoms with van der Waals surface area (Å²) in [5, 5.41) is 0. The molecule has 1 unspecified atom stereocenters. The fourth-order valence-electron chi connectivity index (χ4n) is 2.08. The van der Waals surface area contributed by atoms with Gasteiger partial charge in [0, 0.05) is 22.4 Å². The highest BCUT2D eigenvalue weighted by atomic mass is 79.9. The third-order valence-electron chi connectivity index (χ3n) is 3.24. The molecule has 0 radical (unpaired) electrons. The number of halogens is 1. The number of nitrogens with zero attached hydrogens (tertiary/aromatic N) is 1. The van der Waals surface area contributed by atoms with Crippen LogP contribution in [0.3, 0.4) is 0 Å². The van der Waals surface area contributed by atoms with Crippen molar-refractivity contribution in [3.8, 4) is 0 Å². The molecule has 1 aromatic carbocycles. The number of nitrogens with two attached hydrogens (primary N) is 1. The van der Waals surface area contributed by atoms with E-state index in [4.69, 9.17) is 5.84 Å². The van der Waals surface area contributed by atoms with Gasteiger partial charge in [-0.3, -0.25) is 24.7 Å². The molecule has 1 atom stereocenters. The third-order valence-corrected chi connectivity index (χ3v) is 3.98. The van der Waals surface area contributed by atoms with Crippen LogP contribution >= 0.6 is 15.9 Å². The van der Waals surface area contributed by atoms with Crippen molar-refractivity contribution in [2.75, 3.05) is 0 Å². The van der Waals surface area contributed by atoms with Crippen molar-refractivity contribution in [3.63, 3.8) is 0 Å². The van der Waals surface area contributed by atoms with E-state index in [9.17, 15) is 14.4 Å². The summed E-state index contributed by atoms with van der Waals surface area (Å²) < 4.78 is 0.652. The Bertz CT molecular complexity index is 588. The van der Waals surface area contributed by atoms with E-state index < -0.39 is 5.91 Å². The number of carbonyl (C=O) groups is 3. The molecule has 7 heteroatoms. The molecule has 0 saturated carbocycles. The first-order valence-corrected chi connectivity index (χ1v) is 6.87. The maximum atomic E-state index is 11.9. The van der Waals surface area contributed by atoms with Gasteiger partial charge in [0.1, 0.15) is 0 Å². The lowest BCUT2D eigenvalue weighted by atomic mass is 10.1. The van der Waals surface area contributed by atoms with Crippen LogP contribution in [0.15, 0.2) is 22.7 Å². The summed E-state index contributed by atoms with van der Waals surface area (Å²) in [5.74, 6) is 4.07. The van der Waals surface area contributed by atoms with Crippen molar-refractivity contribution in [2.24, 2.45) is 11.8 Å². The van der Waals surface area contributed by atoms with Crippen LogP contribution in [0, 0.1) is 5.92 Å². The average molecular weight is 340 g/mol. The molecule has 20 heavy (non-hydrogen) atoms. The van der Waals surface area contributed by atoms with E-state index in [1.54, 1.807) is 25.1 Å². The van der Waals surface area contributed by atoms with E-state index in [1.807, 2.05) is 5.43 Å². The molecule has 0 bridgehead atoms. The molecule has 6 nitrogen and oxygen atoms in total. The van der Waals surface area contributed by atoms with Crippen molar-refractivity contribution in [3.05, 3.63) is 33.8 Å². The number of likely N-dealkylation sites (tertiary alicyclic amines) is 1. The van der Waals surface area contributed by atoms with Crippen molar-refractivity contribution in [2.45, 2.75) is 19.9 Å². The Hall–Kier alpha value is -1.73. The second kappa shape index (κ2) is 5.72. The van der Waals surface area contributed by atoms with Crippen molar-refractivity contribution in [1.29, 1.82) is 0 Å². The number of hydrogen-bond donors (Lipinski definition) is 2. The summed E-state index contributed by atoms with van der Waals surface area (Å²) in [6, 6.07) is 4.89. The molecule has 3 amide bonds. The Morgan fingerprint density at radius 2 is 2.20 bits per heavy atom. The molecule has 1 aromatic rings. The Labute approximate surface area is 124 Å². The highest BCUT2D eigenvalue weighted by Gasteiger charge is 2.35. The molecular formula is C13H14BrN3O3. The number of amides is 3. The van der Waals surface area contributed by atoms with E-state index in [1.165, 1.54) is 4.90 Å². The second-order valence-electron chi connectivity index (χ2n) is 4.70. The Balaban J connectivity index is 2.20. The van der Waals surface area contributed by atoms with Gasteiger partial charge in [-0.2, -0.15) is 0 Å². The molecule has 1 aliphatic heterocycles. The van der Waals surface area contributed by atoms with Crippen LogP contribution < -0.4 is 11.3 Å². The second-order valence-corrected chi connectivity index (χ2v) is 5.56. The molecule has 1 heterocycles. The zero-order valence-corrected chi connectivity index (χ0v) is 12.4. The number of hydrazine groups is 1. The molecule has 0 aromatic heterocycles. The van der Waals surface area contributed by atoms with Gasteiger partial charge in [0.05, 0.1) is 6.54 Å². The van der Waals surface area contributed by atoms with Crippen molar-refractivity contribution >= 4 is 33.7 Å². The van der Waals surface area contributed by atoms with Gasteiger partial charge in [0.2, 0.25) is 11.8 Å². The summed E-state index contributed by atoms with van der Waals surface area (Å²) in [6.07, 6.45) is 0.254. The van der Waals surface area contributed by atoms with E-state index >= 15 is 0 Å². The van der Waals surface area contributed by atoms with Gasteiger partial charge in [0.15, 0.2) is 0 Å². The summed E-state index contributed by atoms with van der Waals surface area (Å²) in [4.78, 5) is 36.2. The minimum Gasteiger partial charge on any atom is -0.290 e. The number of benzene rings is 1. The molecule has 106 valence electrons. The largest absolute Gasteiger partial charge is 0.290 e. The third kappa shape index (κ3) is 2.73. The zero-order chi connectivity index (χ0) is 14.9. The fraction of sp³-hybridized carbons (Fsp3) is 0.308. The van der Waals surface area contributed by atoms with Gasteiger partial charge in [0.25, 0.3) is 5.91 Å². The number of rotatable bonds is 3. The first-order chi connectivity index (χ1) is 9.43. The quantitative estimate of drug-likeness (QED) is 0.371. The van der Waals surface area contributed by atoms with Crippen molar-refractivity contribution in [1.82, 2.24) is 10.3 Å². The first kappa shape index (κ1) is 14.7. The monoisotopic (exact) mass is 339 g/mol. The van der Waals surface area contributed by atoms with Crippen molar-refractivity contribution < 1.29 is 14.4 Å². The van der Waals surface area contributed by atoms with E-state index in [0.717, 1.165) is 5.56 Å². The Kier molecular flexibility index (Phi) is 4.20. The topological polar surface area (TPSA) is 92.5 Å². The normalized spacial score (nSPS) is 18.6. The maximum Gasteiger partial charge on any atom is 0.265 e. The number of carbonyl (C=O) groups excluding carboxylic acids is 3. The molecule has 1 aliphatic rings. The molecule has 1 saturated heterocycles. The van der Waals surface area contributed by atoms with Gasteiger partial charge < -0.3 is 0 Å². The summed E-state index contributed by atoms with van der Waals surface area (Å²) in [5.41, 5.74) is 3.20. The lowest BCUT2D eigenvalue weighted by Gasteiger charge is -2.16. The van der Waals surface area contributed by atoms with Gasteiger partial charge in [-0.05, 0) is 17.7 Å². The molecule has 2 rings (SSSR count). The van der Waals surface area contributed by atoms with Gasteiger partial charge >= 0.3 is 0 Å². The van der Waals surface area contributed by atoms with E-state index in [2.05, 4.69) is 15.9 Å². The van der Waals surface area contributed by atoms with E-state index in [-0.39, 0.29) is 30.7 Å². The highest BCUT2D eigenvalue weighted by molar-refractivity contribution is 9.10. The van der Waals surface area contributed by atoms with Crippen LogP contribution in [0.2, 0.25) is 0 Å². The smallest absolute Gasteiger partial charge is 0.265 e. The standard InChI is InChI=1S/C13H14BrN3O3/c1-7-4-11(18)17(13(7)20)6-9-3-2-8(5-10(9)14)12(19)16-15/h2-3,5,7H,4,6,15H2,1H3,(H,16,19). The van der Waals surface area contributed by atoms with Crippen LogP contribution in [0.25, 0.3) is 0 Å². The van der Waals surface area contributed by atoms with Crippen LogP contribution in [0.1, 0.15) is 29.3 Å². The highest BCUT2D eigenvalue weighted by Crippen LogP contribution is 2.25. The molecule has 1 fully saturated rings. The maximum absolute atomic E-state index is 11.9. The fourth-order valence-corrected chi connectivity index (χ4v) is 2.59. The Morgan fingerprint density at radius 1 is 1.50 bits per heavy atom. The number of nitrogen functional groups attached to an aromatic ring is 1. The van der Waals surface area contributed by atoms with Gasteiger partial charge in [-0.1, -0.05) is 28.9 Å². The number of imide groups is 1. The number of hydrogen-bond acceptors (Lipinski definition) is 4. The van der Waals surface area contributed by atoms with Crippen LogP contribution in [-0.4, -0.2) is 22.6 Å². The zero-order valence-electron chi connectivity index (χ0n) is 10.9. The predicted molar refractivity (Wildman–Crippen MR) is 75.1 cm³/mol. The summed E-state index contributed by atoms with van der Waals surface area (Å²) in [6.45, 7) is 1.94. The number of nitrogens with one attached hydrogen (secondary N) is 1. The summed E-state index contributed by atoms with van der Waals surface area (Å²) in [7, 11) is 0. The van der Waals surface area contributed by atoms with Crippen LogP contribution in [0.4, 0.5) is 0 Å². The molecule has 3 N–H and O–H groups in total. The first-order valence-electron chi connectivity index (χ1n) is 6.07. The SMILES string of the molecule is CC1CC(=O)N(Cc2ccc(C(=O)NN)cc2Br)C1=O. The average Bonchev–Trinajstić information content (AvgIpc) is 2.66. The minimum absolute atomic E-state index is 0.161. The van der Waals surface area contributed by atoms with Gasteiger partial charge in [-0.25, -0.2) is 5.84 Å². The molecule has 0 aliphatic carbocycles. The van der Waals surface area contributed by atoms with E-state index in [0.29, 0.717) is 10.0 Å². The summed E-state index contributed by atoms with van der Waals surface area (Å²) >= 11 is 3.34. The minimum atomic E-state index is -0.404.